The second-order valence-electron chi connectivity index (χ2n) is 13.1. The highest BCUT2D eigenvalue weighted by Crippen LogP contribution is 2.35. The average Bonchev–Trinajstić information content (AvgIpc) is 3.58. The number of hydrogen-bond acceptors (Lipinski definition) is 11. The molecule has 6 rings (SSSR count). The van der Waals surface area contributed by atoms with Gasteiger partial charge in [0.2, 0.25) is 0 Å². The van der Waals surface area contributed by atoms with E-state index in [1.807, 2.05) is 24.3 Å². The van der Waals surface area contributed by atoms with Gasteiger partial charge in [-0.05, 0) is 62.4 Å². The first kappa shape index (κ1) is 33.3. The van der Waals surface area contributed by atoms with E-state index in [2.05, 4.69) is 42.7 Å². The molecule has 0 spiro atoms. The number of pyridine rings is 2. The molecule has 4 aromatic rings. The number of amides is 3. The molecule has 3 aromatic heterocycles. The maximum absolute atomic E-state index is 13.9. The summed E-state index contributed by atoms with van der Waals surface area (Å²) in [5.74, 6) is -0.730. The second kappa shape index (κ2) is 13.9. The fraction of sp³-hybridized carbons (Fsp3) is 0.382. The van der Waals surface area contributed by atoms with Crippen LogP contribution in [0.3, 0.4) is 0 Å². The summed E-state index contributed by atoms with van der Waals surface area (Å²) < 4.78 is 18.0. The normalized spacial score (nSPS) is 19.6. The van der Waals surface area contributed by atoms with Crippen molar-refractivity contribution in [3.05, 3.63) is 72.5 Å². The van der Waals surface area contributed by atoms with Gasteiger partial charge in [-0.3, -0.25) is 9.78 Å². The highest BCUT2D eigenvalue weighted by molar-refractivity contribution is 6.08. The van der Waals surface area contributed by atoms with Crippen molar-refractivity contribution in [3.8, 4) is 5.75 Å². The van der Waals surface area contributed by atoms with Crippen molar-refractivity contribution in [2.24, 2.45) is 11.7 Å². The van der Waals surface area contributed by atoms with Gasteiger partial charge in [0.05, 0.1) is 54.6 Å². The van der Waals surface area contributed by atoms with Gasteiger partial charge in [-0.15, -0.1) is 5.10 Å². The Morgan fingerprint density at radius 3 is 2.65 bits per heavy atom. The lowest BCUT2D eigenvalue weighted by Crippen LogP contribution is -2.57. The van der Waals surface area contributed by atoms with Gasteiger partial charge in [0.15, 0.2) is 11.4 Å². The zero-order valence-corrected chi connectivity index (χ0v) is 27.8. The first-order chi connectivity index (χ1) is 23.4. The number of nitrogens with one attached hydrogen (secondary N) is 2. The molecule has 49 heavy (non-hydrogen) atoms. The number of rotatable bonds is 7. The Kier molecular flexibility index (Phi) is 9.44. The van der Waals surface area contributed by atoms with E-state index < -0.39 is 29.7 Å². The Labute approximate surface area is 282 Å². The van der Waals surface area contributed by atoms with Gasteiger partial charge < -0.3 is 35.5 Å². The fourth-order valence-corrected chi connectivity index (χ4v) is 6.31. The molecule has 3 atom stereocenters. The maximum Gasteiger partial charge on any atom is 0.410 e. The van der Waals surface area contributed by atoms with Crippen LogP contribution in [0, 0.1) is 5.92 Å². The second-order valence-corrected chi connectivity index (χ2v) is 13.1. The number of hydrogen-bond donors (Lipinski definition) is 3. The molecular formula is C34H39N9O6. The first-order valence-corrected chi connectivity index (χ1v) is 16.0. The zero-order chi connectivity index (χ0) is 34.7. The first-order valence-electron chi connectivity index (χ1n) is 16.0. The van der Waals surface area contributed by atoms with E-state index in [1.54, 1.807) is 56.2 Å². The van der Waals surface area contributed by atoms with Crippen LogP contribution in [0.25, 0.3) is 16.5 Å². The third-order valence-corrected chi connectivity index (χ3v) is 8.30. The molecule has 1 saturated heterocycles. The monoisotopic (exact) mass is 669 g/mol. The van der Waals surface area contributed by atoms with E-state index in [0.29, 0.717) is 48.6 Å². The Balaban J connectivity index is 1.30. The smallest absolute Gasteiger partial charge is 0.410 e. The Hall–Kier alpha value is -5.57. The summed E-state index contributed by atoms with van der Waals surface area (Å²) in [6, 6.07) is 8.40. The molecule has 1 fully saturated rings. The summed E-state index contributed by atoms with van der Waals surface area (Å²) in [7, 11) is 0. The topological polar surface area (TPSA) is 189 Å². The van der Waals surface area contributed by atoms with Crippen LogP contribution < -0.4 is 26.0 Å². The Morgan fingerprint density at radius 2 is 1.94 bits per heavy atom. The maximum atomic E-state index is 13.9. The number of carbonyl (C=O) groups excluding carboxylic acids is 3. The van der Waals surface area contributed by atoms with Crippen molar-refractivity contribution in [2.45, 2.75) is 51.8 Å². The third kappa shape index (κ3) is 7.78. The fourth-order valence-electron chi connectivity index (χ4n) is 6.31. The molecule has 0 saturated carbocycles. The largest absolute Gasteiger partial charge is 0.444 e. The van der Waals surface area contributed by atoms with Gasteiger partial charge in [-0.1, -0.05) is 30.3 Å². The van der Waals surface area contributed by atoms with E-state index in [-0.39, 0.29) is 23.4 Å². The molecule has 15 heteroatoms. The van der Waals surface area contributed by atoms with E-state index in [9.17, 15) is 14.4 Å². The average molecular weight is 670 g/mol. The van der Waals surface area contributed by atoms with Crippen molar-refractivity contribution in [2.75, 3.05) is 36.5 Å². The Bertz CT molecular complexity index is 1890. The molecule has 2 aliphatic rings. The number of anilines is 2. The van der Waals surface area contributed by atoms with Crippen LogP contribution in [0.2, 0.25) is 0 Å². The highest BCUT2D eigenvalue weighted by Gasteiger charge is 2.39. The van der Waals surface area contributed by atoms with Crippen LogP contribution in [-0.4, -0.2) is 81.0 Å². The van der Waals surface area contributed by atoms with E-state index >= 15 is 0 Å². The van der Waals surface area contributed by atoms with Crippen molar-refractivity contribution in [1.29, 1.82) is 0 Å². The van der Waals surface area contributed by atoms with E-state index in [4.69, 9.17) is 19.9 Å². The third-order valence-electron chi connectivity index (χ3n) is 8.30. The number of ether oxygens (including phenoxy) is 3. The van der Waals surface area contributed by atoms with Crippen LogP contribution in [0.4, 0.5) is 21.0 Å². The molecule has 0 bridgehead atoms. The van der Waals surface area contributed by atoms with Gasteiger partial charge in [0, 0.05) is 30.9 Å². The van der Waals surface area contributed by atoms with E-state index in [0.717, 1.165) is 17.6 Å². The molecule has 0 unspecified atom stereocenters. The lowest BCUT2D eigenvalue weighted by Gasteiger charge is -2.44. The van der Waals surface area contributed by atoms with Gasteiger partial charge in [-0.2, -0.15) is 0 Å². The number of primary amides is 1. The van der Waals surface area contributed by atoms with Crippen LogP contribution in [-0.2, 0) is 9.47 Å². The standard InChI is InChI=1S/C34H39N9O6/c1-20-18-42(19-26(30(20)43-12-11-37-41-43)40-33(46)49-34(2,3)4)27-7-10-36-17-25(27)39-31(44)29-28(48-32(35)45)16-23-6-5-22(15-24(23)38-29)21-8-13-47-14-9-21/h5-8,10-12,15-17,20,26,30H,9,13-14,18-19H2,1-4H3,(H2,35,45)(H,39,44)(H,40,46)/t20-,26+,30-/m0/s1. The van der Waals surface area contributed by atoms with Gasteiger partial charge in [-0.25, -0.2) is 19.3 Å². The molecule has 0 aliphatic carbocycles. The quantitative estimate of drug-likeness (QED) is 0.254. The molecule has 1 aromatic carbocycles. The van der Waals surface area contributed by atoms with E-state index in [1.165, 1.54) is 6.20 Å². The van der Waals surface area contributed by atoms with Crippen LogP contribution in [0.1, 0.15) is 56.2 Å². The van der Waals surface area contributed by atoms with Crippen molar-refractivity contribution in [3.63, 3.8) is 0 Å². The molecular weight excluding hydrogens is 630 g/mol. The van der Waals surface area contributed by atoms with Crippen molar-refractivity contribution < 1.29 is 28.6 Å². The number of alkyl carbamates (subject to hydrolysis) is 1. The molecule has 5 heterocycles. The predicted molar refractivity (Wildman–Crippen MR) is 181 cm³/mol. The van der Waals surface area contributed by atoms with Crippen LogP contribution in [0.5, 0.6) is 5.75 Å². The molecule has 3 amide bonds. The number of nitrogens with zero attached hydrogens (tertiary/aromatic N) is 6. The summed E-state index contributed by atoms with van der Waals surface area (Å²) in [6.07, 6.45) is 7.67. The summed E-state index contributed by atoms with van der Waals surface area (Å²) in [6.45, 7) is 9.52. The molecule has 2 aliphatic heterocycles. The van der Waals surface area contributed by atoms with Crippen molar-refractivity contribution >= 4 is 45.9 Å². The summed E-state index contributed by atoms with van der Waals surface area (Å²) >= 11 is 0. The van der Waals surface area contributed by atoms with Crippen molar-refractivity contribution in [1.82, 2.24) is 30.3 Å². The lowest BCUT2D eigenvalue weighted by atomic mass is 9.89. The minimum atomic E-state index is -1.07. The van der Waals surface area contributed by atoms with Crippen LogP contribution in [0.15, 0.2) is 61.2 Å². The zero-order valence-electron chi connectivity index (χ0n) is 27.8. The summed E-state index contributed by atoms with van der Waals surface area (Å²) in [5, 5.41) is 14.8. The number of carbonyl (C=O) groups is 3. The van der Waals surface area contributed by atoms with Crippen LogP contribution >= 0.6 is 0 Å². The number of benzene rings is 1. The number of nitrogens with two attached hydrogens (primary N) is 1. The summed E-state index contributed by atoms with van der Waals surface area (Å²) in [5.41, 5.74) is 8.24. The molecule has 0 radical (unpaired) electrons. The predicted octanol–water partition coefficient (Wildman–Crippen LogP) is 4.33. The Morgan fingerprint density at radius 1 is 1.10 bits per heavy atom. The van der Waals surface area contributed by atoms with Gasteiger partial charge in [0.1, 0.15) is 5.60 Å². The minimum absolute atomic E-state index is 0.0233. The SMILES string of the molecule is C[C@H]1CN(c2ccncc2NC(=O)c2nc3cc(C4=CCOCC4)ccc3cc2OC(N)=O)C[C@@H](NC(=O)OC(C)(C)C)[C@H]1n1ccnn1. The van der Waals surface area contributed by atoms with Gasteiger partial charge in [0.25, 0.3) is 5.91 Å². The summed E-state index contributed by atoms with van der Waals surface area (Å²) in [4.78, 5) is 49.7. The minimum Gasteiger partial charge on any atom is -0.444 e. The molecule has 256 valence electrons. The lowest BCUT2D eigenvalue weighted by molar-refractivity contribution is 0.0465. The number of aromatic nitrogens is 5. The van der Waals surface area contributed by atoms with Gasteiger partial charge >= 0.3 is 12.2 Å². The highest BCUT2D eigenvalue weighted by atomic mass is 16.6. The number of piperidine rings is 1. The molecule has 4 N–H and O–H groups in total. The molecule has 15 nitrogen and oxygen atoms in total. The number of fused-ring (bicyclic) bond motifs is 1.